The number of aromatic nitrogens is 2. The number of phosphoric ester groups is 1. The number of rotatable bonds is 45. The summed E-state index contributed by atoms with van der Waals surface area (Å²) in [6.07, 6.45) is 40.6. The van der Waals surface area contributed by atoms with Crippen molar-refractivity contribution in [3.8, 4) is 0 Å². The van der Waals surface area contributed by atoms with Gasteiger partial charge in [-0.05, 0) is 25.3 Å². The van der Waals surface area contributed by atoms with Crippen LogP contribution in [0.3, 0.4) is 0 Å². The Morgan fingerprint density at radius 1 is 0.719 bits per heavy atom. The van der Waals surface area contributed by atoms with Gasteiger partial charge in [0.1, 0.15) is 12.3 Å². The second-order valence-electron chi connectivity index (χ2n) is 18.4. The summed E-state index contributed by atoms with van der Waals surface area (Å²) in [5, 5.41) is 3.76. The highest BCUT2D eigenvalue weighted by molar-refractivity contribution is 7.47. The number of phosphoric acid groups is 1. The summed E-state index contributed by atoms with van der Waals surface area (Å²) >= 11 is 0. The Bertz CT molecular complexity index is 1490. The highest BCUT2D eigenvalue weighted by atomic mass is 31.2. The van der Waals surface area contributed by atoms with Gasteiger partial charge in [-0.2, -0.15) is 0 Å². The van der Waals surface area contributed by atoms with Crippen molar-refractivity contribution >= 4 is 7.82 Å². The van der Waals surface area contributed by atoms with Crippen LogP contribution in [0.5, 0.6) is 0 Å². The highest BCUT2D eigenvalue weighted by Gasteiger charge is 2.38. The number of hydrogen-bond donors (Lipinski definition) is 2. The average Bonchev–Trinajstić information content (AvgIpc) is 3.68. The van der Waals surface area contributed by atoms with Gasteiger partial charge >= 0.3 is 13.5 Å². The van der Waals surface area contributed by atoms with E-state index in [1.54, 1.807) is 6.92 Å². The predicted octanol–water partition coefficient (Wildman–Crippen LogP) is 13.9. The zero-order chi connectivity index (χ0) is 46.4. The van der Waals surface area contributed by atoms with Crippen LogP contribution in [0.25, 0.3) is 10.4 Å². The molecule has 1 aliphatic heterocycles. The number of H-pyrrole nitrogens is 1. The van der Waals surface area contributed by atoms with Crippen LogP contribution in [0.15, 0.2) is 20.9 Å². The average molecular weight is 926 g/mol. The van der Waals surface area contributed by atoms with Crippen LogP contribution in [0, 0.1) is 6.92 Å². The molecule has 15 heteroatoms. The molecule has 0 spiro atoms. The van der Waals surface area contributed by atoms with Crippen molar-refractivity contribution in [3.05, 3.63) is 43.0 Å². The normalized spacial score (nSPS) is 17.7. The Morgan fingerprint density at radius 2 is 1.16 bits per heavy atom. The van der Waals surface area contributed by atoms with Crippen molar-refractivity contribution in [1.82, 2.24) is 9.55 Å². The fourth-order valence-corrected chi connectivity index (χ4v) is 9.18. The minimum atomic E-state index is -4.58. The van der Waals surface area contributed by atoms with E-state index >= 15 is 0 Å². The standard InChI is InChI=1S/C49H92N5O9P/c1-4-6-8-10-12-14-16-18-20-22-24-26-28-30-32-34-36-59-40-44(60-37-35-33-31-29-27-25-23-21-19-17-15-13-11-9-7-5-2)41-61-64(57,58)62-42-46-45(52-53-50)38-47(63-46)54-39-43(3)48(55)51-49(54)56/h39,44-47H,4-38,40-42H2,1-3H3,(H,57,58)(H,51,55,56)/t44?,45-,46+,47+/m0/s1. The molecule has 0 radical (unpaired) electrons. The lowest BCUT2D eigenvalue weighted by Crippen LogP contribution is -2.33. The lowest BCUT2D eigenvalue weighted by molar-refractivity contribution is -0.0503. The van der Waals surface area contributed by atoms with Crippen molar-refractivity contribution < 1.29 is 32.7 Å². The van der Waals surface area contributed by atoms with Crippen LogP contribution in [-0.4, -0.2) is 65.7 Å². The largest absolute Gasteiger partial charge is 0.472 e. The van der Waals surface area contributed by atoms with Gasteiger partial charge in [-0.25, -0.2) is 9.36 Å². The molecular weight excluding hydrogens is 834 g/mol. The maximum atomic E-state index is 13.1. The Morgan fingerprint density at radius 3 is 1.61 bits per heavy atom. The van der Waals surface area contributed by atoms with Crippen molar-refractivity contribution in [1.29, 1.82) is 0 Å². The number of nitrogens with one attached hydrogen (secondary N) is 1. The molecule has 0 saturated carbocycles. The number of aryl methyl sites for hydroxylation is 1. The molecule has 0 aliphatic carbocycles. The van der Waals surface area contributed by atoms with Gasteiger partial charge in [-0.1, -0.05) is 212 Å². The number of azide groups is 1. The van der Waals surface area contributed by atoms with E-state index in [2.05, 4.69) is 28.9 Å². The fourth-order valence-electron chi connectivity index (χ4n) is 8.42. The molecule has 1 fully saturated rings. The van der Waals surface area contributed by atoms with E-state index in [1.165, 1.54) is 184 Å². The second kappa shape index (κ2) is 39.0. The molecule has 2 rings (SSSR count). The second-order valence-corrected chi connectivity index (χ2v) is 19.8. The molecule has 372 valence electrons. The van der Waals surface area contributed by atoms with E-state index in [-0.39, 0.29) is 19.6 Å². The predicted molar refractivity (Wildman–Crippen MR) is 259 cm³/mol. The Hall–Kier alpha value is -2.02. The van der Waals surface area contributed by atoms with Gasteiger partial charge in [0.05, 0.1) is 32.0 Å². The summed E-state index contributed by atoms with van der Waals surface area (Å²) in [5.74, 6) is 0. The van der Waals surface area contributed by atoms with Crippen LogP contribution in [0.1, 0.15) is 238 Å². The SMILES string of the molecule is CCCCCCCCCCCCCCCCCCOCC(COP(=O)(O)OC[C@H]1O[C@@H](n2cc(C)c(=O)[nH]c2=O)C[C@@H]1N=[N+]=[N-])OCCCCCCCCCCCCCCCCCC. The Balaban J connectivity index is 1.70. The lowest BCUT2D eigenvalue weighted by atomic mass is 10.0. The quantitative estimate of drug-likeness (QED) is 0.0211. The third-order valence-corrected chi connectivity index (χ3v) is 13.4. The minimum absolute atomic E-state index is 0.103. The van der Waals surface area contributed by atoms with E-state index in [9.17, 15) is 19.0 Å². The lowest BCUT2D eigenvalue weighted by Gasteiger charge is -2.21. The van der Waals surface area contributed by atoms with Gasteiger partial charge < -0.3 is 19.1 Å². The molecule has 1 aromatic heterocycles. The maximum absolute atomic E-state index is 13.1. The van der Waals surface area contributed by atoms with Crippen LogP contribution in [-0.2, 0) is 27.8 Å². The van der Waals surface area contributed by atoms with E-state index in [0.29, 0.717) is 18.8 Å². The minimum Gasteiger partial charge on any atom is -0.379 e. The van der Waals surface area contributed by atoms with Gasteiger partial charge in [0.15, 0.2) is 0 Å². The fraction of sp³-hybridized carbons (Fsp3) is 0.918. The van der Waals surface area contributed by atoms with Crippen LogP contribution < -0.4 is 11.2 Å². The number of ether oxygens (including phenoxy) is 3. The monoisotopic (exact) mass is 926 g/mol. The summed E-state index contributed by atoms with van der Waals surface area (Å²) in [4.78, 5) is 40.1. The molecule has 2 heterocycles. The van der Waals surface area contributed by atoms with Crippen molar-refractivity contribution in [2.45, 2.75) is 257 Å². The van der Waals surface area contributed by atoms with Gasteiger partial charge in [-0.3, -0.25) is 23.4 Å². The third kappa shape index (κ3) is 29.6. The molecule has 5 atom stereocenters. The molecule has 1 aliphatic rings. The summed E-state index contributed by atoms with van der Waals surface area (Å²) in [6.45, 7) is 6.79. The van der Waals surface area contributed by atoms with Crippen molar-refractivity contribution in [2.75, 3.05) is 33.0 Å². The van der Waals surface area contributed by atoms with Crippen molar-refractivity contribution in [3.63, 3.8) is 0 Å². The zero-order valence-electron chi connectivity index (χ0n) is 40.7. The Labute approximate surface area is 387 Å². The van der Waals surface area contributed by atoms with Gasteiger partial charge in [0.25, 0.3) is 5.56 Å². The van der Waals surface area contributed by atoms with Gasteiger partial charge in [-0.15, -0.1) is 0 Å². The molecule has 64 heavy (non-hydrogen) atoms. The van der Waals surface area contributed by atoms with E-state index in [1.807, 2.05) is 0 Å². The smallest absolute Gasteiger partial charge is 0.379 e. The highest BCUT2D eigenvalue weighted by Crippen LogP contribution is 2.45. The maximum Gasteiger partial charge on any atom is 0.472 e. The van der Waals surface area contributed by atoms with E-state index in [4.69, 9.17) is 28.8 Å². The van der Waals surface area contributed by atoms with E-state index in [0.717, 1.165) is 32.1 Å². The van der Waals surface area contributed by atoms with Crippen LogP contribution in [0.4, 0.5) is 0 Å². The first-order chi connectivity index (χ1) is 31.2. The summed E-state index contributed by atoms with van der Waals surface area (Å²) in [7, 11) is -4.58. The number of aromatic amines is 1. The van der Waals surface area contributed by atoms with Gasteiger partial charge in [0, 0.05) is 36.3 Å². The first-order valence-electron chi connectivity index (χ1n) is 26.0. The molecule has 2 unspecified atom stereocenters. The summed E-state index contributed by atoms with van der Waals surface area (Å²) in [5.41, 5.74) is 8.25. The molecule has 2 N–H and O–H groups in total. The van der Waals surface area contributed by atoms with Gasteiger partial charge in [0.2, 0.25) is 0 Å². The molecule has 0 amide bonds. The molecular formula is C49H92N5O9P. The summed E-state index contributed by atoms with van der Waals surface area (Å²) in [6, 6.07) is -0.789. The number of unbranched alkanes of at least 4 members (excludes halogenated alkanes) is 30. The molecule has 0 bridgehead atoms. The first kappa shape index (κ1) is 58.1. The molecule has 14 nitrogen and oxygen atoms in total. The molecule has 0 aromatic carbocycles. The van der Waals surface area contributed by atoms with Crippen molar-refractivity contribution in [2.24, 2.45) is 5.11 Å². The zero-order valence-corrected chi connectivity index (χ0v) is 41.6. The number of nitrogens with zero attached hydrogens (tertiary/aromatic N) is 4. The number of hydrogen-bond acceptors (Lipinski definition) is 9. The third-order valence-electron chi connectivity index (χ3n) is 12.5. The van der Waals surface area contributed by atoms with Crippen LogP contribution >= 0.6 is 7.82 Å². The molecule has 1 saturated heterocycles. The Kier molecular flexibility index (Phi) is 35.4. The molecule has 1 aromatic rings. The van der Waals surface area contributed by atoms with Crippen LogP contribution in [0.2, 0.25) is 0 Å². The first-order valence-corrected chi connectivity index (χ1v) is 27.5. The van der Waals surface area contributed by atoms with E-state index < -0.39 is 50.2 Å². The summed E-state index contributed by atoms with van der Waals surface area (Å²) < 4.78 is 43.0. The topological polar surface area (TPSA) is 187 Å².